The third kappa shape index (κ3) is 17.1. The van der Waals surface area contributed by atoms with E-state index in [1.54, 1.807) is 52.1 Å². The zero-order valence-electron chi connectivity index (χ0n) is 35.1. The summed E-state index contributed by atoms with van der Waals surface area (Å²) < 4.78 is 10.7. The highest BCUT2D eigenvalue weighted by atomic mass is 16.6. The number of benzene rings is 2. The fourth-order valence-electron chi connectivity index (χ4n) is 5.71. The maximum Gasteiger partial charge on any atom is 0.414 e. The Labute approximate surface area is 340 Å². The normalized spacial score (nSPS) is 12.7. The van der Waals surface area contributed by atoms with Crippen LogP contribution in [0.4, 0.5) is 25.8 Å². The minimum absolute atomic E-state index is 0.0247. The largest absolute Gasteiger partial charge is 0.444 e. The van der Waals surface area contributed by atoms with E-state index >= 15 is 0 Å². The van der Waals surface area contributed by atoms with Crippen LogP contribution in [0, 0.1) is 5.92 Å². The Balaban J connectivity index is 1.95. The first kappa shape index (κ1) is 48.2. The predicted octanol–water partition coefficient (Wildman–Crippen LogP) is 2.61. The number of rotatable bonds is 20. The first-order valence-corrected chi connectivity index (χ1v) is 19.0. The van der Waals surface area contributed by atoms with E-state index in [-0.39, 0.29) is 43.8 Å². The quantitative estimate of drug-likeness (QED) is 0.0965. The second-order valence-electron chi connectivity index (χ2n) is 15.4. The number of nitrogens with zero attached hydrogens (tertiary/aromatic N) is 2. The standard InChI is InChI=1S/C40H61N9O9/c1-26(2)33(34(52)44-23-31(50)42-7)48(8)22-19-27-13-17-30(18-14-27)49(9)38(56)57-25-28-11-15-29(16-12-28)46-35(53)40(6,20-10-21-43-36(41)54)47-32(51)24-45-37(55)58-39(3,4)5/h11-18,26,33H,10,19-25H2,1-9H3,(H,42,50)(H,44,52)(H,45,55)(H,46,53)(H,47,51)(H3,41,43,54)/t33-,40?/m0/s1. The van der Waals surface area contributed by atoms with Crippen LogP contribution in [0.5, 0.6) is 0 Å². The highest BCUT2D eigenvalue weighted by molar-refractivity contribution is 6.00. The summed E-state index contributed by atoms with van der Waals surface area (Å²) in [6.45, 7) is 10.7. The van der Waals surface area contributed by atoms with Gasteiger partial charge in [0, 0.05) is 38.6 Å². The fraction of sp³-hybridized carbons (Fsp3) is 0.525. The molecule has 0 aliphatic heterocycles. The van der Waals surface area contributed by atoms with Crippen molar-refractivity contribution in [2.45, 2.75) is 84.6 Å². The summed E-state index contributed by atoms with van der Waals surface area (Å²) in [5.41, 5.74) is 5.64. The monoisotopic (exact) mass is 811 g/mol. The Morgan fingerprint density at radius 2 is 1.41 bits per heavy atom. The molecule has 0 saturated carbocycles. The Morgan fingerprint density at radius 3 is 1.98 bits per heavy atom. The second kappa shape index (κ2) is 22.7. The van der Waals surface area contributed by atoms with Gasteiger partial charge in [-0.25, -0.2) is 14.4 Å². The molecule has 0 saturated heterocycles. The molecule has 320 valence electrons. The first-order valence-electron chi connectivity index (χ1n) is 19.0. The van der Waals surface area contributed by atoms with E-state index in [1.807, 2.05) is 50.1 Å². The van der Waals surface area contributed by atoms with E-state index < -0.39 is 53.8 Å². The highest BCUT2D eigenvalue weighted by Gasteiger charge is 2.35. The number of urea groups is 1. The van der Waals surface area contributed by atoms with Crippen molar-refractivity contribution in [1.29, 1.82) is 0 Å². The number of carbonyl (C=O) groups is 7. The molecule has 18 nitrogen and oxygen atoms in total. The summed E-state index contributed by atoms with van der Waals surface area (Å²) >= 11 is 0. The van der Waals surface area contributed by atoms with Crippen molar-refractivity contribution in [3.05, 3.63) is 59.7 Å². The smallest absolute Gasteiger partial charge is 0.414 e. The summed E-state index contributed by atoms with van der Waals surface area (Å²) in [7, 11) is 4.99. The minimum atomic E-state index is -1.44. The van der Waals surface area contributed by atoms with Gasteiger partial charge < -0.3 is 47.1 Å². The van der Waals surface area contributed by atoms with Crippen molar-refractivity contribution in [2.75, 3.05) is 57.5 Å². The van der Waals surface area contributed by atoms with Crippen LogP contribution in [0.2, 0.25) is 0 Å². The summed E-state index contributed by atoms with van der Waals surface area (Å²) in [5, 5.41) is 15.4. The number of likely N-dealkylation sites (N-methyl/N-ethyl adjacent to an activating group) is 2. The molecule has 2 aromatic carbocycles. The molecular weight excluding hydrogens is 750 g/mol. The third-order valence-corrected chi connectivity index (χ3v) is 8.86. The van der Waals surface area contributed by atoms with Gasteiger partial charge in [-0.3, -0.25) is 29.0 Å². The van der Waals surface area contributed by atoms with Crippen LogP contribution in [0.25, 0.3) is 0 Å². The molecule has 0 heterocycles. The van der Waals surface area contributed by atoms with E-state index in [9.17, 15) is 33.6 Å². The van der Waals surface area contributed by atoms with Crippen molar-refractivity contribution in [3.63, 3.8) is 0 Å². The number of amides is 8. The zero-order chi connectivity index (χ0) is 43.6. The summed E-state index contributed by atoms with van der Waals surface area (Å²) in [6, 6.07) is 12.9. The van der Waals surface area contributed by atoms with Crippen LogP contribution in [0.1, 0.15) is 65.5 Å². The van der Waals surface area contributed by atoms with Crippen LogP contribution in [0.15, 0.2) is 48.5 Å². The molecule has 0 fully saturated rings. The van der Waals surface area contributed by atoms with Gasteiger partial charge in [0.05, 0.1) is 12.6 Å². The van der Waals surface area contributed by atoms with Crippen molar-refractivity contribution < 1.29 is 43.0 Å². The maximum absolute atomic E-state index is 13.5. The van der Waals surface area contributed by atoms with E-state index in [4.69, 9.17) is 15.2 Å². The number of nitrogens with two attached hydrogens (primary N) is 1. The molecule has 0 radical (unpaired) electrons. The Hall–Kier alpha value is -5.91. The summed E-state index contributed by atoms with van der Waals surface area (Å²) in [6.07, 6.45) is -0.282. The molecule has 2 rings (SSSR count). The van der Waals surface area contributed by atoms with Crippen LogP contribution in [0.3, 0.4) is 0 Å². The number of hydrogen-bond acceptors (Lipinski definition) is 10. The van der Waals surface area contributed by atoms with Gasteiger partial charge in [0.25, 0.3) is 0 Å². The Kier molecular flexibility index (Phi) is 18.9. The summed E-state index contributed by atoms with van der Waals surface area (Å²) in [5.74, 6) is -1.63. The number of carbonyl (C=O) groups excluding carboxylic acids is 7. The van der Waals surface area contributed by atoms with Crippen molar-refractivity contribution in [2.24, 2.45) is 11.7 Å². The van der Waals surface area contributed by atoms with E-state index in [2.05, 4.69) is 31.9 Å². The molecule has 58 heavy (non-hydrogen) atoms. The molecule has 18 heteroatoms. The van der Waals surface area contributed by atoms with Gasteiger partial charge in [-0.15, -0.1) is 0 Å². The van der Waals surface area contributed by atoms with Gasteiger partial charge in [-0.2, -0.15) is 0 Å². The molecule has 0 aliphatic carbocycles. The van der Waals surface area contributed by atoms with Crippen LogP contribution < -0.4 is 42.5 Å². The predicted molar refractivity (Wildman–Crippen MR) is 220 cm³/mol. The van der Waals surface area contributed by atoms with Crippen LogP contribution >= 0.6 is 0 Å². The van der Waals surface area contributed by atoms with Gasteiger partial charge in [0.1, 0.15) is 24.3 Å². The van der Waals surface area contributed by atoms with Gasteiger partial charge >= 0.3 is 18.2 Å². The van der Waals surface area contributed by atoms with Crippen LogP contribution in [-0.2, 0) is 41.7 Å². The lowest BCUT2D eigenvalue weighted by atomic mass is 9.94. The van der Waals surface area contributed by atoms with Gasteiger partial charge in [0.2, 0.25) is 23.6 Å². The molecule has 0 spiro atoms. The number of anilines is 2. The van der Waals surface area contributed by atoms with Gasteiger partial charge in [0.15, 0.2) is 0 Å². The molecule has 1 unspecified atom stereocenters. The number of alkyl carbamates (subject to hydrolysis) is 1. The first-order chi connectivity index (χ1) is 27.1. The molecule has 8 amide bonds. The number of hydrogen-bond donors (Lipinski definition) is 7. The van der Waals surface area contributed by atoms with E-state index in [0.717, 1.165) is 5.56 Å². The number of nitrogens with one attached hydrogen (secondary N) is 6. The number of primary amides is 1. The molecule has 8 N–H and O–H groups in total. The second-order valence-corrected chi connectivity index (χ2v) is 15.4. The Bertz CT molecular complexity index is 1710. The lowest BCUT2D eigenvalue weighted by Gasteiger charge is -2.30. The van der Waals surface area contributed by atoms with Crippen molar-refractivity contribution in [1.82, 2.24) is 31.5 Å². The van der Waals surface area contributed by atoms with E-state index in [0.29, 0.717) is 36.3 Å². The Morgan fingerprint density at radius 1 is 0.810 bits per heavy atom. The summed E-state index contributed by atoms with van der Waals surface area (Å²) in [4.78, 5) is 90.0. The SMILES string of the molecule is CNC(=O)CNC(=O)[C@H](C(C)C)N(C)CCc1ccc(N(C)C(=O)OCc2ccc(NC(=O)C(C)(CCCNC(N)=O)NC(=O)CNC(=O)OC(C)(C)C)cc2)cc1. The van der Waals surface area contributed by atoms with Crippen molar-refractivity contribution in [3.8, 4) is 0 Å². The zero-order valence-corrected chi connectivity index (χ0v) is 35.1. The average Bonchev–Trinajstić information content (AvgIpc) is 3.15. The topological polar surface area (TPSA) is 243 Å². The third-order valence-electron chi connectivity index (χ3n) is 8.86. The lowest BCUT2D eigenvalue weighted by Crippen LogP contribution is -2.57. The van der Waals surface area contributed by atoms with Crippen LogP contribution in [-0.4, -0.2) is 111 Å². The van der Waals surface area contributed by atoms with Crippen molar-refractivity contribution >= 4 is 53.2 Å². The fourth-order valence-corrected chi connectivity index (χ4v) is 5.71. The lowest BCUT2D eigenvalue weighted by molar-refractivity contribution is -0.130. The highest BCUT2D eigenvalue weighted by Crippen LogP contribution is 2.20. The number of ether oxygens (including phenoxy) is 2. The molecule has 0 bridgehead atoms. The molecule has 2 atom stereocenters. The molecule has 0 aromatic heterocycles. The minimum Gasteiger partial charge on any atom is -0.444 e. The molecule has 0 aliphatic rings. The van der Waals surface area contributed by atoms with Gasteiger partial charge in [-0.05, 0) is 95.3 Å². The molecule has 2 aromatic rings. The molecular formula is C40H61N9O9. The van der Waals surface area contributed by atoms with E-state index in [1.165, 1.54) is 18.9 Å². The maximum atomic E-state index is 13.5. The average molecular weight is 812 g/mol. The van der Waals surface area contributed by atoms with Gasteiger partial charge in [-0.1, -0.05) is 38.1 Å².